The first-order chi connectivity index (χ1) is 10.1. The molecule has 0 aromatic heterocycles. The number of hydrogen-bond donors (Lipinski definition) is 0. The monoisotopic (exact) mass is 422 g/mol. The van der Waals surface area contributed by atoms with Crippen LogP contribution in [0.4, 0.5) is 0 Å². The van der Waals surface area contributed by atoms with Crippen LogP contribution in [0.15, 0.2) is 33.9 Å². The molecule has 1 aromatic carbocycles. The molecule has 1 unspecified atom stereocenters. The number of methoxy groups -OCH3 is 1. The quantitative estimate of drug-likeness (QED) is 0.447. The molecule has 1 aromatic rings. The summed E-state index contributed by atoms with van der Waals surface area (Å²) >= 11 is 8.66. The number of hydrogen-bond acceptors (Lipinski definition) is 3. The van der Waals surface area contributed by atoms with Crippen molar-refractivity contribution < 1.29 is 14.3 Å². The van der Waals surface area contributed by atoms with E-state index in [2.05, 4.69) is 34.3 Å². The van der Waals surface area contributed by atoms with E-state index < -0.39 is 0 Å². The van der Waals surface area contributed by atoms with Gasteiger partial charge in [0, 0.05) is 3.58 Å². The van der Waals surface area contributed by atoms with Gasteiger partial charge in [-0.3, -0.25) is 0 Å². The molecule has 0 fully saturated rings. The average molecular weight is 423 g/mol. The van der Waals surface area contributed by atoms with Crippen molar-refractivity contribution in [3.63, 3.8) is 0 Å². The van der Waals surface area contributed by atoms with Gasteiger partial charge in [0.15, 0.2) is 0 Å². The number of rotatable bonds is 8. The molecule has 0 aliphatic rings. The van der Waals surface area contributed by atoms with Gasteiger partial charge < -0.3 is 9.47 Å². The molecule has 0 heterocycles. The van der Waals surface area contributed by atoms with E-state index in [1.807, 2.05) is 30.3 Å². The Kier molecular flexibility index (Phi) is 8.96. The zero-order chi connectivity index (χ0) is 15.7. The SMILES string of the molecule is CCCCC(OCC(=O)OC)/C(I)=C(\Cl)c1ccccc1. The molecule has 0 radical (unpaired) electrons. The fraction of sp³-hybridized carbons (Fsp3) is 0.438. The van der Waals surface area contributed by atoms with Crippen LogP contribution in [0, 0.1) is 0 Å². The molecule has 0 amide bonds. The van der Waals surface area contributed by atoms with Crippen molar-refractivity contribution in [3.05, 3.63) is 39.5 Å². The predicted octanol–water partition coefficient (Wildman–Crippen LogP) is 4.78. The van der Waals surface area contributed by atoms with Gasteiger partial charge in [0.2, 0.25) is 0 Å². The number of halogens is 2. The van der Waals surface area contributed by atoms with Crippen LogP contribution < -0.4 is 0 Å². The van der Waals surface area contributed by atoms with Gasteiger partial charge in [0.25, 0.3) is 0 Å². The minimum absolute atomic E-state index is 0.0592. The van der Waals surface area contributed by atoms with Crippen LogP contribution in [0.5, 0.6) is 0 Å². The minimum atomic E-state index is -0.378. The third-order valence-electron chi connectivity index (χ3n) is 2.97. The van der Waals surface area contributed by atoms with Gasteiger partial charge in [-0.25, -0.2) is 4.79 Å². The van der Waals surface area contributed by atoms with Gasteiger partial charge >= 0.3 is 5.97 Å². The molecule has 0 aliphatic carbocycles. The van der Waals surface area contributed by atoms with Gasteiger partial charge in [-0.2, -0.15) is 0 Å². The smallest absolute Gasteiger partial charge is 0.331 e. The average Bonchev–Trinajstić information content (AvgIpc) is 2.54. The summed E-state index contributed by atoms with van der Waals surface area (Å²) in [5, 5.41) is 0.669. The molecule has 0 N–H and O–H groups in total. The van der Waals surface area contributed by atoms with E-state index in [-0.39, 0.29) is 18.7 Å². The van der Waals surface area contributed by atoms with Crippen molar-refractivity contribution >= 4 is 45.2 Å². The molecule has 1 rings (SSSR count). The molecule has 0 spiro atoms. The van der Waals surface area contributed by atoms with Crippen LogP contribution in [0.2, 0.25) is 0 Å². The largest absolute Gasteiger partial charge is 0.467 e. The highest BCUT2D eigenvalue weighted by molar-refractivity contribution is 14.1. The van der Waals surface area contributed by atoms with E-state index >= 15 is 0 Å². The summed E-state index contributed by atoms with van der Waals surface area (Å²) in [6, 6.07) is 9.75. The zero-order valence-electron chi connectivity index (χ0n) is 12.3. The van der Waals surface area contributed by atoms with Crippen molar-refractivity contribution in [3.8, 4) is 0 Å². The molecule has 3 nitrogen and oxygen atoms in total. The van der Waals surface area contributed by atoms with Crippen LogP contribution in [0.25, 0.3) is 5.03 Å². The van der Waals surface area contributed by atoms with E-state index in [1.165, 1.54) is 7.11 Å². The normalized spacial score (nSPS) is 13.5. The van der Waals surface area contributed by atoms with Crippen LogP contribution in [0.3, 0.4) is 0 Å². The third-order valence-corrected chi connectivity index (χ3v) is 4.94. The molecule has 0 bridgehead atoms. The fourth-order valence-corrected chi connectivity index (χ4v) is 2.81. The third kappa shape index (κ3) is 6.36. The van der Waals surface area contributed by atoms with Gasteiger partial charge in [-0.15, -0.1) is 0 Å². The lowest BCUT2D eigenvalue weighted by Gasteiger charge is -2.18. The molecule has 1 atom stereocenters. The van der Waals surface area contributed by atoms with Crippen LogP contribution >= 0.6 is 34.2 Å². The lowest BCUT2D eigenvalue weighted by atomic mass is 10.1. The summed E-state index contributed by atoms with van der Waals surface area (Å²) in [7, 11) is 1.35. The van der Waals surface area contributed by atoms with Crippen molar-refractivity contribution in [1.29, 1.82) is 0 Å². The fourth-order valence-electron chi connectivity index (χ4n) is 1.76. The summed E-state index contributed by atoms with van der Waals surface area (Å²) in [5.41, 5.74) is 0.951. The second-order valence-corrected chi connectivity index (χ2v) is 6.09. The summed E-state index contributed by atoms with van der Waals surface area (Å²) in [6.07, 6.45) is 2.72. The zero-order valence-corrected chi connectivity index (χ0v) is 15.2. The van der Waals surface area contributed by atoms with Crippen LogP contribution in [-0.4, -0.2) is 25.8 Å². The Hall–Kier alpha value is -0.590. The van der Waals surface area contributed by atoms with Crippen molar-refractivity contribution in [2.75, 3.05) is 13.7 Å². The molecule has 0 saturated heterocycles. The number of carbonyl (C=O) groups excluding carboxylic acids is 1. The standard InChI is InChI=1S/C16H20ClIO3/c1-3-4-10-13(21-11-14(19)20-2)16(18)15(17)12-8-6-5-7-9-12/h5-9,13H,3-4,10-11H2,1-2H3/b16-15+. The number of unbranched alkanes of at least 4 members (excludes halogenated alkanes) is 1. The summed E-state index contributed by atoms with van der Waals surface area (Å²) in [4.78, 5) is 11.3. The highest BCUT2D eigenvalue weighted by Crippen LogP contribution is 2.32. The highest BCUT2D eigenvalue weighted by atomic mass is 127. The van der Waals surface area contributed by atoms with Gasteiger partial charge in [0.1, 0.15) is 6.61 Å². The first-order valence-corrected chi connectivity index (χ1v) is 8.34. The molecule has 0 saturated carbocycles. The van der Waals surface area contributed by atoms with Crippen molar-refractivity contribution in [2.45, 2.75) is 32.3 Å². The minimum Gasteiger partial charge on any atom is -0.467 e. The first-order valence-electron chi connectivity index (χ1n) is 6.89. The molecule has 5 heteroatoms. The predicted molar refractivity (Wildman–Crippen MR) is 94.5 cm³/mol. The molecule has 0 aliphatic heterocycles. The molecular weight excluding hydrogens is 403 g/mol. The molecule has 116 valence electrons. The first kappa shape index (κ1) is 18.5. The van der Waals surface area contributed by atoms with Crippen LogP contribution in [0.1, 0.15) is 31.7 Å². The Bertz CT molecular complexity index is 474. The maximum atomic E-state index is 11.3. The van der Waals surface area contributed by atoms with E-state index in [4.69, 9.17) is 16.3 Å². The van der Waals surface area contributed by atoms with Gasteiger partial charge in [-0.05, 0) is 34.6 Å². The number of carbonyl (C=O) groups is 1. The highest BCUT2D eigenvalue weighted by Gasteiger charge is 2.18. The Balaban J connectivity index is 2.87. The van der Waals surface area contributed by atoms with Crippen molar-refractivity contribution in [2.24, 2.45) is 0 Å². The van der Waals surface area contributed by atoms with Crippen molar-refractivity contribution in [1.82, 2.24) is 0 Å². The van der Waals surface area contributed by atoms with E-state index in [1.54, 1.807) is 0 Å². The van der Waals surface area contributed by atoms with E-state index in [0.29, 0.717) is 5.03 Å². The lowest BCUT2D eigenvalue weighted by Crippen LogP contribution is -2.20. The number of esters is 1. The number of benzene rings is 1. The summed E-state index contributed by atoms with van der Waals surface area (Å²) in [6.45, 7) is 2.06. The topological polar surface area (TPSA) is 35.5 Å². The summed E-state index contributed by atoms with van der Waals surface area (Å²) < 4.78 is 11.2. The molecule has 21 heavy (non-hydrogen) atoms. The van der Waals surface area contributed by atoms with E-state index in [9.17, 15) is 4.79 Å². The Morgan fingerprint density at radius 1 is 1.33 bits per heavy atom. The molecular formula is C16H20ClIO3. The Morgan fingerprint density at radius 3 is 2.57 bits per heavy atom. The van der Waals surface area contributed by atoms with Gasteiger partial charge in [0.05, 0.1) is 18.2 Å². The second-order valence-electron chi connectivity index (χ2n) is 4.55. The summed E-state index contributed by atoms with van der Waals surface area (Å²) in [5.74, 6) is -0.378. The van der Waals surface area contributed by atoms with Gasteiger partial charge in [-0.1, -0.05) is 61.7 Å². The lowest BCUT2D eigenvalue weighted by molar-refractivity contribution is -0.147. The number of ether oxygens (including phenoxy) is 2. The van der Waals surface area contributed by atoms with Crippen LogP contribution in [-0.2, 0) is 14.3 Å². The Morgan fingerprint density at radius 2 is 2.00 bits per heavy atom. The van der Waals surface area contributed by atoms with E-state index in [0.717, 1.165) is 28.4 Å². The maximum Gasteiger partial charge on any atom is 0.331 e. The Labute approximate surface area is 144 Å². The maximum absolute atomic E-state index is 11.3. The second kappa shape index (κ2) is 10.2.